The molecule has 1 saturated carbocycles. The fraction of sp³-hybridized carbons (Fsp3) is 0.364. The molecule has 0 heterocycles. The number of carboxylic acids is 1. The minimum absolute atomic E-state index is 0.138. The zero-order chi connectivity index (χ0) is 11.9. The van der Waals surface area contributed by atoms with E-state index < -0.39 is 29.6 Å². The Labute approximate surface area is 90.3 Å². The number of benzene rings is 1. The predicted molar refractivity (Wildman–Crippen MR) is 50.8 cm³/mol. The van der Waals surface area contributed by atoms with Crippen LogP contribution in [0.15, 0.2) is 12.1 Å². The number of carboxylic acid groups (broad SMARTS) is 1. The first-order valence-electron chi connectivity index (χ1n) is 4.84. The molecule has 0 atom stereocenters. The maximum atomic E-state index is 13.1. The van der Waals surface area contributed by atoms with Gasteiger partial charge in [-0.05, 0) is 36.1 Å². The highest BCUT2D eigenvalue weighted by Crippen LogP contribution is 2.49. The van der Waals surface area contributed by atoms with Crippen molar-refractivity contribution in [1.82, 2.24) is 0 Å². The summed E-state index contributed by atoms with van der Waals surface area (Å²) in [6.07, 6.45) is 0.779. The van der Waals surface area contributed by atoms with Crippen molar-refractivity contribution >= 4 is 5.97 Å². The monoisotopic (exact) mass is 228 g/mol. The lowest BCUT2D eigenvalue weighted by Gasteiger charge is -2.14. The molecule has 3 nitrogen and oxygen atoms in total. The van der Waals surface area contributed by atoms with Gasteiger partial charge in [-0.25, -0.2) is 8.78 Å². The molecule has 0 aromatic heterocycles. The van der Waals surface area contributed by atoms with Crippen LogP contribution in [0.2, 0.25) is 0 Å². The second-order valence-electron chi connectivity index (χ2n) is 3.97. The molecule has 0 spiro atoms. The molecule has 0 radical (unpaired) electrons. The smallest absolute Gasteiger partial charge is 0.314 e. The van der Waals surface area contributed by atoms with Crippen molar-refractivity contribution < 1.29 is 23.8 Å². The second kappa shape index (κ2) is 3.52. The van der Waals surface area contributed by atoms with Crippen LogP contribution in [0, 0.1) is 11.6 Å². The highest BCUT2D eigenvalue weighted by Gasteiger charge is 2.53. The molecule has 5 heteroatoms. The van der Waals surface area contributed by atoms with Crippen molar-refractivity contribution in [3.8, 4) is 0 Å². The molecule has 1 aliphatic carbocycles. The van der Waals surface area contributed by atoms with Crippen LogP contribution in [-0.2, 0) is 16.8 Å². The lowest BCUT2D eigenvalue weighted by molar-refractivity contribution is -0.140. The van der Waals surface area contributed by atoms with Crippen LogP contribution < -0.4 is 0 Å². The Kier molecular flexibility index (Phi) is 2.42. The lowest BCUT2D eigenvalue weighted by Crippen LogP contribution is -2.22. The Morgan fingerprint density at radius 3 is 2.31 bits per heavy atom. The number of aliphatic carboxylic acids is 1. The molecule has 1 aromatic carbocycles. The van der Waals surface area contributed by atoms with Crippen LogP contribution >= 0.6 is 0 Å². The van der Waals surface area contributed by atoms with E-state index in [0.717, 1.165) is 12.1 Å². The zero-order valence-electron chi connectivity index (χ0n) is 8.33. The maximum Gasteiger partial charge on any atom is 0.314 e. The number of rotatable bonds is 3. The average molecular weight is 228 g/mol. The predicted octanol–water partition coefficient (Wildman–Crippen LogP) is 1.57. The molecular weight excluding hydrogens is 218 g/mol. The van der Waals surface area contributed by atoms with E-state index in [1.165, 1.54) is 0 Å². The van der Waals surface area contributed by atoms with Crippen molar-refractivity contribution in [2.24, 2.45) is 0 Å². The van der Waals surface area contributed by atoms with Gasteiger partial charge in [-0.1, -0.05) is 0 Å². The minimum atomic E-state index is -1.13. The summed E-state index contributed by atoms with van der Waals surface area (Å²) in [4.78, 5) is 11.1. The molecule has 0 amide bonds. The average Bonchev–Trinajstić information content (AvgIpc) is 3.02. The van der Waals surface area contributed by atoms with E-state index >= 15 is 0 Å². The summed E-state index contributed by atoms with van der Waals surface area (Å²) in [5.74, 6) is -3.22. The molecule has 16 heavy (non-hydrogen) atoms. The van der Waals surface area contributed by atoms with E-state index in [2.05, 4.69) is 0 Å². The molecule has 0 saturated heterocycles. The zero-order valence-corrected chi connectivity index (χ0v) is 8.33. The van der Waals surface area contributed by atoms with Crippen LogP contribution in [0.4, 0.5) is 8.78 Å². The van der Waals surface area contributed by atoms with E-state index in [9.17, 15) is 13.6 Å². The standard InChI is InChI=1S/C11H10F2O3/c12-8-3-6(5-14)7(4-9(8)13)11(1-2-11)10(15)16/h3-4,14H,1-2,5H2,(H,15,16). The quantitative estimate of drug-likeness (QED) is 0.825. The third-order valence-electron chi connectivity index (χ3n) is 2.99. The summed E-state index contributed by atoms with van der Waals surface area (Å²) in [5, 5.41) is 18.1. The van der Waals surface area contributed by atoms with Crippen LogP contribution in [0.3, 0.4) is 0 Å². The van der Waals surface area contributed by atoms with Crippen molar-refractivity contribution in [2.45, 2.75) is 24.9 Å². The molecule has 86 valence electrons. The number of hydrogen-bond acceptors (Lipinski definition) is 2. The summed E-state index contributed by atoms with van der Waals surface area (Å²) in [6.45, 7) is -0.498. The van der Waals surface area contributed by atoms with Gasteiger partial charge in [-0.15, -0.1) is 0 Å². The van der Waals surface area contributed by atoms with Gasteiger partial charge >= 0.3 is 5.97 Å². The van der Waals surface area contributed by atoms with E-state index in [0.29, 0.717) is 12.8 Å². The van der Waals surface area contributed by atoms with Gasteiger partial charge in [0.05, 0.1) is 12.0 Å². The number of halogens is 2. The van der Waals surface area contributed by atoms with E-state index in [1.54, 1.807) is 0 Å². The molecule has 0 bridgehead atoms. The summed E-state index contributed by atoms with van der Waals surface area (Å²) in [7, 11) is 0. The Hall–Kier alpha value is -1.49. The molecule has 0 unspecified atom stereocenters. The molecule has 1 fully saturated rings. The van der Waals surface area contributed by atoms with Crippen LogP contribution in [0.25, 0.3) is 0 Å². The molecule has 1 aromatic rings. The Balaban J connectivity index is 2.56. The fourth-order valence-corrected chi connectivity index (χ4v) is 1.89. The SMILES string of the molecule is O=C(O)C1(c2cc(F)c(F)cc2CO)CC1. The van der Waals surface area contributed by atoms with Gasteiger partial charge in [0, 0.05) is 0 Å². The van der Waals surface area contributed by atoms with Gasteiger partial charge < -0.3 is 10.2 Å². The third-order valence-corrected chi connectivity index (χ3v) is 2.99. The highest BCUT2D eigenvalue weighted by molar-refractivity contribution is 5.85. The van der Waals surface area contributed by atoms with E-state index in [-0.39, 0.29) is 11.1 Å². The first-order chi connectivity index (χ1) is 7.51. The largest absolute Gasteiger partial charge is 0.481 e. The summed E-state index contributed by atoms with van der Waals surface area (Å²) >= 11 is 0. The molecule has 0 aliphatic heterocycles. The Morgan fingerprint density at radius 1 is 1.31 bits per heavy atom. The molecular formula is C11H10F2O3. The van der Waals surface area contributed by atoms with Gasteiger partial charge in [-0.2, -0.15) is 0 Å². The topological polar surface area (TPSA) is 57.5 Å². The first kappa shape index (κ1) is 11.0. The molecule has 2 N–H and O–H groups in total. The van der Waals surface area contributed by atoms with E-state index in [4.69, 9.17) is 10.2 Å². The summed E-state index contributed by atoms with van der Waals surface area (Å²) in [5.41, 5.74) is -0.813. The number of aliphatic hydroxyl groups is 1. The van der Waals surface area contributed by atoms with Gasteiger partial charge in [-0.3, -0.25) is 4.79 Å². The van der Waals surface area contributed by atoms with Crippen LogP contribution in [0.1, 0.15) is 24.0 Å². The molecule has 1 aliphatic rings. The van der Waals surface area contributed by atoms with Crippen molar-refractivity contribution in [3.05, 3.63) is 34.9 Å². The first-order valence-corrected chi connectivity index (χ1v) is 4.84. The second-order valence-corrected chi connectivity index (χ2v) is 3.97. The van der Waals surface area contributed by atoms with Crippen LogP contribution in [-0.4, -0.2) is 16.2 Å². The van der Waals surface area contributed by atoms with Crippen LogP contribution in [0.5, 0.6) is 0 Å². The van der Waals surface area contributed by atoms with Gasteiger partial charge in [0.2, 0.25) is 0 Å². The number of carbonyl (C=O) groups is 1. The number of aliphatic hydroxyl groups excluding tert-OH is 1. The molecule has 2 rings (SSSR count). The van der Waals surface area contributed by atoms with E-state index in [1.807, 2.05) is 0 Å². The third kappa shape index (κ3) is 1.48. The van der Waals surface area contributed by atoms with Gasteiger partial charge in [0.15, 0.2) is 11.6 Å². The number of hydrogen-bond donors (Lipinski definition) is 2. The van der Waals surface area contributed by atoms with Gasteiger partial charge in [0.1, 0.15) is 0 Å². The minimum Gasteiger partial charge on any atom is -0.481 e. The highest BCUT2D eigenvalue weighted by atomic mass is 19.2. The van der Waals surface area contributed by atoms with Crippen molar-refractivity contribution in [2.75, 3.05) is 0 Å². The Bertz CT molecular complexity index is 453. The summed E-state index contributed by atoms with van der Waals surface area (Å²) in [6, 6.07) is 1.73. The summed E-state index contributed by atoms with van der Waals surface area (Å²) < 4.78 is 26.0. The van der Waals surface area contributed by atoms with Gasteiger partial charge in [0.25, 0.3) is 0 Å². The maximum absolute atomic E-state index is 13.1. The van der Waals surface area contributed by atoms with Crippen molar-refractivity contribution in [3.63, 3.8) is 0 Å². The van der Waals surface area contributed by atoms with Crippen molar-refractivity contribution in [1.29, 1.82) is 0 Å². The Morgan fingerprint density at radius 2 is 1.88 bits per heavy atom. The normalized spacial score (nSPS) is 17.2. The fourth-order valence-electron chi connectivity index (χ4n) is 1.89. The lowest BCUT2D eigenvalue weighted by atomic mass is 9.91.